The molecular formula is C17H22N2O3. The molecule has 1 atom stereocenters. The molecule has 5 heteroatoms. The maximum absolute atomic E-state index is 12.6. The zero-order valence-corrected chi connectivity index (χ0v) is 12.7. The number of carbonyl (C=O) groups excluding carboxylic acids is 1. The minimum Gasteiger partial charge on any atom is -0.472 e. The van der Waals surface area contributed by atoms with E-state index in [1.807, 2.05) is 11.0 Å². The van der Waals surface area contributed by atoms with Gasteiger partial charge < -0.3 is 14.4 Å². The Hall–Kier alpha value is -1.88. The fourth-order valence-electron chi connectivity index (χ4n) is 2.90. The maximum Gasteiger partial charge on any atom is 0.254 e. The molecule has 1 aromatic rings. The fourth-order valence-corrected chi connectivity index (χ4v) is 2.90. The second-order valence-electron chi connectivity index (χ2n) is 5.85. The summed E-state index contributed by atoms with van der Waals surface area (Å²) in [5.74, 6) is 1.09. The average molecular weight is 302 g/mol. The molecular weight excluding hydrogens is 280 g/mol. The Morgan fingerprint density at radius 2 is 2.23 bits per heavy atom. The van der Waals surface area contributed by atoms with Crippen LogP contribution in [0, 0.1) is 5.92 Å². The molecule has 0 radical (unpaired) electrons. The van der Waals surface area contributed by atoms with Crippen molar-refractivity contribution in [3.8, 4) is 5.88 Å². The molecule has 118 valence electrons. The number of allylic oxidation sites excluding steroid dienone is 1. The van der Waals surface area contributed by atoms with Crippen LogP contribution in [0.1, 0.15) is 29.6 Å². The average Bonchev–Trinajstić information content (AvgIpc) is 3.07. The van der Waals surface area contributed by atoms with E-state index >= 15 is 0 Å². The second kappa shape index (κ2) is 6.92. The lowest BCUT2D eigenvalue weighted by atomic mass is 9.97. The van der Waals surface area contributed by atoms with Crippen molar-refractivity contribution in [1.29, 1.82) is 0 Å². The molecule has 0 unspecified atom stereocenters. The summed E-state index contributed by atoms with van der Waals surface area (Å²) in [5.41, 5.74) is 0.640. The molecule has 22 heavy (non-hydrogen) atoms. The first-order valence-electron chi connectivity index (χ1n) is 7.88. The molecule has 2 fully saturated rings. The summed E-state index contributed by atoms with van der Waals surface area (Å²) in [7, 11) is 0. The number of aromatic nitrogens is 1. The van der Waals surface area contributed by atoms with Crippen LogP contribution in [-0.4, -0.2) is 48.2 Å². The summed E-state index contributed by atoms with van der Waals surface area (Å²) in [4.78, 5) is 18.7. The monoisotopic (exact) mass is 302 g/mol. The normalized spacial score (nSPS) is 22.5. The van der Waals surface area contributed by atoms with Gasteiger partial charge in [-0.3, -0.25) is 4.79 Å². The minimum absolute atomic E-state index is 0.0428. The number of hydrogen-bond acceptors (Lipinski definition) is 4. The van der Waals surface area contributed by atoms with Crippen LogP contribution in [0.15, 0.2) is 31.0 Å². The zero-order valence-electron chi connectivity index (χ0n) is 12.7. The van der Waals surface area contributed by atoms with Gasteiger partial charge >= 0.3 is 0 Å². The maximum atomic E-state index is 12.6. The van der Waals surface area contributed by atoms with Crippen molar-refractivity contribution in [1.82, 2.24) is 9.88 Å². The predicted molar refractivity (Wildman–Crippen MR) is 82.9 cm³/mol. The lowest BCUT2D eigenvalue weighted by molar-refractivity contribution is 0.0704. The van der Waals surface area contributed by atoms with Crippen molar-refractivity contribution < 1.29 is 14.3 Å². The first-order valence-corrected chi connectivity index (χ1v) is 7.88. The van der Waals surface area contributed by atoms with Crippen molar-refractivity contribution in [2.45, 2.75) is 25.4 Å². The molecule has 5 nitrogen and oxygen atoms in total. The van der Waals surface area contributed by atoms with Gasteiger partial charge in [0.05, 0.1) is 13.2 Å². The third-order valence-electron chi connectivity index (χ3n) is 4.32. The van der Waals surface area contributed by atoms with E-state index in [9.17, 15) is 4.79 Å². The fraction of sp³-hybridized carbons (Fsp3) is 0.529. The molecule has 0 spiro atoms. The van der Waals surface area contributed by atoms with Crippen LogP contribution in [0.25, 0.3) is 0 Å². The third-order valence-corrected chi connectivity index (χ3v) is 4.32. The number of rotatable bonds is 4. The van der Waals surface area contributed by atoms with Crippen LogP contribution < -0.4 is 4.74 Å². The molecule has 2 aliphatic heterocycles. The number of amides is 1. The van der Waals surface area contributed by atoms with Crippen LogP contribution in [0.4, 0.5) is 0 Å². The number of likely N-dealkylation sites (tertiary alicyclic amines) is 1. The van der Waals surface area contributed by atoms with Gasteiger partial charge in [-0.05, 0) is 24.8 Å². The van der Waals surface area contributed by atoms with Crippen LogP contribution in [-0.2, 0) is 4.74 Å². The van der Waals surface area contributed by atoms with E-state index in [1.54, 1.807) is 18.3 Å². The Balaban J connectivity index is 1.63. The van der Waals surface area contributed by atoms with Crippen molar-refractivity contribution >= 4 is 5.91 Å². The van der Waals surface area contributed by atoms with E-state index in [2.05, 4.69) is 11.6 Å². The molecule has 0 aromatic carbocycles. The van der Waals surface area contributed by atoms with Gasteiger partial charge in [-0.2, -0.15) is 0 Å². The van der Waals surface area contributed by atoms with Crippen LogP contribution in [0.2, 0.25) is 0 Å². The highest BCUT2D eigenvalue weighted by molar-refractivity contribution is 5.94. The molecule has 1 amide bonds. The molecule has 3 heterocycles. The molecule has 0 aliphatic carbocycles. The van der Waals surface area contributed by atoms with E-state index in [4.69, 9.17) is 9.47 Å². The predicted octanol–water partition coefficient (Wildman–Crippen LogP) is 2.29. The summed E-state index contributed by atoms with van der Waals surface area (Å²) in [6.07, 6.45) is 6.51. The molecule has 0 N–H and O–H groups in total. The Kier molecular flexibility index (Phi) is 4.73. The van der Waals surface area contributed by atoms with Crippen molar-refractivity contribution in [3.63, 3.8) is 0 Å². The van der Waals surface area contributed by atoms with Gasteiger partial charge in [0.1, 0.15) is 6.10 Å². The highest BCUT2D eigenvalue weighted by atomic mass is 16.5. The Morgan fingerprint density at radius 1 is 1.41 bits per heavy atom. The number of pyridine rings is 1. The first kappa shape index (κ1) is 15.0. The molecule has 3 rings (SSSR count). The molecule has 0 saturated carbocycles. The topological polar surface area (TPSA) is 51.7 Å². The van der Waals surface area contributed by atoms with Gasteiger partial charge in [0.2, 0.25) is 5.88 Å². The van der Waals surface area contributed by atoms with Gasteiger partial charge in [0.25, 0.3) is 5.91 Å². The summed E-state index contributed by atoms with van der Waals surface area (Å²) in [6, 6.07) is 3.49. The van der Waals surface area contributed by atoms with Crippen LogP contribution in [0.5, 0.6) is 5.88 Å². The zero-order chi connectivity index (χ0) is 15.4. The summed E-state index contributed by atoms with van der Waals surface area (Å²) < 4.78 is 11.1. The lowest BCUT2D eigenvalue weighted by Gasteiger charge is -2.30. The molecule has 2 aliphatic rings. The van der Waals surface area contributed by atoms with Crippen LogP contribution in [0.3, 0.4) is 0 Å². The van der Waals surface area contributed by atoms with E-state index in [1.165, 1.54) is 0 Å². The Morgan fingerprint density at radius 3 is 2.91 bits per heavy atom. The van der Waals surface area contributed by atoms with Gasteiger partial charge in [0, 0.05) is 37.3 Å². The quantitative estimate of drug-likeness (QED) is 0.801. The van der Waals surface area contributed by atoms with E-state index in [0.717, 1.165) is 39.0 Å². The largest absolute Gasteiger partial charge is 0.472 e. The van der Waals surface area contributed by atoms with Crippen LogP contribution >= 0.6 is 0 Å². The number of ether oxygens (including phenoxy) is 2. The van der Waals surface area contributed by atoms with Crippen molar-refractivity contribution in [2.75, 3.05) is 26.3 Å². The van der Waals surface area contributed by atoms with E-state index in [0.29, 0.717) is 24.0 Å². The summed E-state index contributed by atoms with van der Waals surface area (Å²) in [5, 5.41) is 0. The summed E-state index contributed by atoms with van der Waals surface area (Å²) >= 11 is 0. The number of carbonyl (C=O) groups is 1. The molecule has 1 aromatic heterocycles. The highest BCUT2D eigenvalue weighted by Gasteiger charge is 2.23. The third kappa shape index (κ3) is 3.47. The molecule has 0 bridgehead atoms. The SMILES string of the molecule is C=CC1CCN(C(=O)c2ccnc(O[C@@H]3CCOC3)c2)CC1. The number of piperidine rings is 1. The smallest absolute Gasteiger partial charge is 0.254 e. The van der Waals surface area contributed by atoms with E-state index < -0.39 is 0 Å². The van der Waals surface area contributed by atoms with Gasteiger partial charge in [0.15, 0.2) is 0 Å². The van der Waals surface area contributed by atoms with Crippen molar-refractivity contribution in [3.05, 3.63) is 36.5 Å². The second-order valence-corrected chi connectivity index (χ2v) is 5.85. The van der Waals surface area contributed by atoms with E-state index in [-0.39, 0.29) is 12.0 Å². The first-order chi connectivity index (χ1) is 10.8. The van der Waals surface area contributed by atoms with Gasteiger partial charge in [-0.1, -0.05) is 6.08 Å². The minimum atomic E-state index is 0.0428. The van der Waals surface area contributed by atoms with Gasteiger partial charge in [-0.15, -0.1) is 6.58 Å². The number of hydrogen-bond donors (Lipinski definition) is 0. The summed E-state index contributed by atoms with van der Waals surface area (Å²) in [6.45, 7) is 6.71. The Bertz CT molecular complexity index is 532. The number of nitrogens with zero attached hydrogens (tertiary/aromatic N) is 2. The standard InChI is InChI=1S/C17H22N2O3/c1-2-13-4-8-19(9-5-13)17(20)14-3-7-18-16(11-14)22-15-6-10-21-12-15/h2-3,7,11,13,15H,1,4-6,8-10,12H2/t15-/m1/s1. The molecule has 2 saturated heterocycles. The Labute approximate surface area is 130 Å². The highest BCUT2D eigenvalue weighted by Crippen LogP contribution is 2.21. The van der Waals surface area contributed by atoms with Crippen molar-refractivity contribution in [2.24, 2.45) is 5.92 Å². The van der Waals surface area contributed by atoms with Gasteiger partial charge in [-0.25, -0.2) is 4.98 Å². The lowest BCUT2D eigenvalue weighted by Crippen LogP contribution is -2.38.